The van der Waals surface area contributed by atoms with Gasteiger partial charge in [0.2, 0.25) is 0 Å². The molecule has 4 rings (SSSR count). The number of hydrogen-bond donors (Lipinski definition) is 0. The number of fused-ring (bicyclic) bond motifs is 1. The van der Waals surface area contributed by atoms with Crippen LogP contribution in [0.3, 0.4) is 0 Å². The summed E-state index contributed by atoms with van der Waals surface area (Å²) in [6.07, 6.45) is 0.0791. The van der Waals surface area contributed by atoms with Crippen molar-refractivity contribution in [1.82, 2.24) is 19.3 Å². The van der Waals surface area contributed by atoms with Crippen molar-refractivity contribution in [2.75, 3.05) is 7.11 Å². The predicted molar refractivity (Wildman–Crippen MR) is 126 cm³/mol. The fourth-order valence-electron chi connectivity index (χ4n) is 3.33. The number of nitrogens with zero attached hydrogens (tertiary/aromatic N) is 4. The van der Waals surface area contributed by atoms with E-state index in [9.17, 15) is 9.59 Å². The summed E-state index contributed by atoms with van der Waals surface area (Å²) in [5, 5.41) is 6.12. The second kappa shape index (κ2) is 9.58. The van der Waals surface area contributed by atoms with Gasteiger partial charge in [-0.3, -0.25) is 14.2 Å². The molecule has 0 unspecified atom stereocenters. The molecule has 32 heavy (non-hydrogen) atoms. The lowest BCUT2D eigenvalue weighted by Crippen LogP contribution is -2.24. The zero-order valence-corrected chi connectivity index (χ0v) is 19.2. The lowest BCUT2D eigenvalue weighted by Gasteiger charge is -2.12. The summed E-state index contributed by atoms with van der Waals surface area (Å²) < 4.78 is 7.96. The van der Waals surface area contributed by atoms with Crippen LogP contribution in [0.25, 0.3) is 16.6 Å². The van der Waals surface area contributed by atoms with E-state index in [0.717, 1.165) is 16.9 Å². The summed E-state index contributed by atoms with van der Waals surface area (Å²) in [5.74, 6) is 0.0876. The molecule has 0 saturated heterocycles. The highest BCUT2D eigenvalue weighted by Gasteiger charge is 2.18. The van der Waals surface area contributed by atoms with Crippen molar-refractivity contribution < 1.29 is 9.53 Å². The van der Waals surface area contributed by atoms with Gasteiger partial charge in [-0.15, -0.1) is 0 Å². The molecule has 164 valence electrons. The summed E-state index contributed by atoms with van der Waals surface area (Å²) in [6, 6.07) is 16.8. The summed E-state index contributed by atoms with van der Waals surface area (Å²) in [5.41, 5.74) is 2.95. The Bertz CT molecular complexity index is 1330. The molecular formula is C23H21ClN4O3S. The van der Waals surface area contributed by atoms with Crippen molar-refractivity contribution in [2.45, 2.75) is 30.8 Å². The summed E-state index contributed by atoms with van der Waals surface area (Å²) >= 11 is 8.04. The van der Waals surface area contributed by atoms with E-state index in [1.807, 2.05) is 43.3 Å². The maximum atomic E-state index is 13.1. The molecule has 2 heterocycles. The molecule has 0 aliphatic rings. The van der Waals surface area contributed by atoms with Crippen molar-refractivity contribution in [3.63, 3.8) is 0 Å². The molecule has 0 N–H and O–H groups in total. The van der Waals surface area contributed by atoms with Crippen LogP contribution in [-0.2, 0) is 21.8 Å². The van der Waals surface area contributed by atoms with Crippen LogP contribution >= 0.6 is 23.4 Å². The van der Waals surface area contributed by atoms with Crippen molar-refractivity contribution >= 4 is 40.2 Å². The summed E-state index contributed by atoms with van der Waals surface area (Å²) in [6.45, 7) is 2.08. The molecule has 9 heteroatoms. The standard InChI is InChI=1S/C23H21ClN4O3S/c1-15-18(21(24)28(26-15)16-8-4-3-5-9-16)14-32-23-25-19-11-7-6-10-17(19)22(30)27(23)13-12-20(29)31-2/h3-11H,12-14H2,1-2H3. The molecule has 0 saturated carbocycles. The van der Waals surface area contributed by atoms with Gasteiger partial charge >= 0.3 is 5.97 Å². The number of ether oxygens (including phenoxy) is 1. The van der Waals surface area contributed by atoms with Crippen LogP contribution in [0.2, 0.25) is 5.15 Å². The van der Waals surface area contributed by atoms with Crippen LogP contribution in [0, 0.1) is 6.92 Å². The third-order valence-corrected chi connectivity index (χ3v) is 6.45. The Kier molecular flexibility index (Phi) is 6.62. The molecule has 0 radical (unpaired) electrons. The van der Waals surface area contributed by atoms with E-state index < -0.39 is 0 Å². The molecule has 0 amide bonds. The number of rotatable bonds is 7. The molecule has 7 nitrogen and oxygen atoms in total. The molecule has 2 aromatic heterocycles. The SMILES string of the molecule is COC(=O)CCn1c(SCc2c(C)nn(-c3ccccc3)c2Cl)nc2ccccc2c1=O. The lowest BCUT2D eigenvalue weighted by atomic mass is 10.2. The average Bonchev–Trinajstić information content (AvgIpc) is 3.10. The quantitative estimate of drug-likeness (QED) is 0.227. The van der Waals surface area contributed by atoms with Crippen LogP contribution in [0.5, 0.6) is 0 Å². The number of carbonyl (C=O) groups excluding carboxylic acids is 1. The van der Waals surface area contributed by atoms with Gasteiger partial charge in [0.15, 0.2) is 5.16 Å². The van der Waals surface area contributed by atoms with E-state index in [1.165, 1.54) is 23.4 Å². The first-order chi connectivity index (χ1) is 15.5. The van der Waals surface area contributed by atoms with E-state index in [4.69, 9.17) is 16.3 Å². The lowest BCUT2D eigenvalue weighted by molar-refractivity contribution is -0.140. The van der Waals surface area contributed by atoms with E-state index in [0.29, 0.717) is 27.0 Å². The van der Waals surface area contributed by atoms with Crippen LogP contribution in [0.1, 0.15) is 17.7 Å². The van der Waals surface area contributed by atoms with Crippen LogP contribution in [0.15, 0.2) is 64.5 Å². The van der Waals surface area contributed by atoms with Gasteiger partial charge in [0.1, 0.15) is 5.15 Å². The number of aromatic nitrogens is 4. The number of carbonyl (C=O) groups is 1. The van der Waals surface area contributed by atoms with Gasteiger partial charge in [0, 0.05) is 17.9 Å². The maximum Gasteiger partial charge on any atom is 0.307 e. The Morgan fingerprint density at radius 3 is 2.59 bits per heavy atom. The Labute approximate surface area is 194 Å². The number of esters is 1. The second-order valence-corrected chi connectivity index (χ2v) is 8.39. The first kappa shape index (κ1) is 22.1. The highest BCUT2D eigenvalue weighted by Crippen LogP contribution is 2.30. The molecular weight excluding hydrogens is 448 g/mol. The van der Waals surface area contributed by atoms with E-state index >= 15 is 0 Å². The Morgan fingerprint density at radius 2 is 1.84 bits per heavy atom. The fourth-order valence-corrected chi connectivity index (χ4v) is 4.86. The van der Waals surface area contributed by atoms with Gasteiger partial charge in [0.05, 0.1) is 35.8 Å². The fraction of sp³-hybridized carbons (Fsp3) is 0.217. The predicted octanol–water partition coefficient (Wildman–Crippen LogP) is 4.40. The summed E-state index contributed by atoms with van der Waals surface area (Å²) in [4.78, 5) is 29.5. The van der Waals surface area contributed by atoms with Gasteiger partial charge in [-0.25, -0.2) is 9.67 Å². The topological polar surface area (TPSA) is 79.0 Å². The van der Waals surface area contributed by atoms with Crippen molar-refractivity contribution in [3.05, 3.63) is 81.4 Å². The molecule has 2 aromatic carbocycles. The first-order valence-electron chi connectivity index (χ1n) is 9.98. The van der Waals surface area contributed by atoms with Gasteiger partial charge < -0.3 is 4.74 Å². The van der Waals surface area contributed by atoms with Crippen LogP contribution in [-0.4, -0.2) is 32.4 Å². The highest BCUT2D eigenvalue weighted by molar-refractivity contribution is 7.98. The smallest absolute Gasteiger partial charge is 0.307 e. The minimum atomic E-state index is -0.385. The molecule has 0 fully saturated rings. The molecule has 4 aromatic rings. The number of hydrogen-bond acceptors (Lipinski definition) is 6. The number of para-hydroxylation sites is 2. The first-order valence-corrected chi connectivity index (χ1v) is 11.3. The molecule has 0 aliphatic heterocycles. The zero-order valence-electron chi connectivity index (χ0n) is 17.6. The van der Waals surface area contributed by atoms with Crippen molar-refractivity contribution in [3.8, 4) is 5.69 Å². The Balaban J connectivity index is 1.68. The largest absolute Gasteiger partial charge is 0.469 e. The number of aryl methyl sites for hydroxylation is 1. The zero-order chi connectivity index (χ0) is 22.7. The minimum Gasteiger partial charge on any atom is -0.469 e. The minimum absolute atomic E-state index is 0.0791. The van der Waals surface area contributed by atoms with E-state index in [-0.39, 0.29) is 24.5 Å². The van der Waals surface area contributed by atoms with Gasteiger partial charge in [0.25, 0.3) is 5.56 Å². The number of halogens is 1. The maximum absolute atomic E-state index is 13.1. The van der Waals surface area contributed by atoms with Crippen LogP contribution in [0.4, 0.5) is 0 Å². The number of methoxy groups -OCH3 is 1. The molecule has 0 atom stereocenters. The number of thioether (sulfide) groups is 1. The van der Waals surface area contributed by atoms with Gasteiger partial charge in [-0.2, -0.15) is 5.10 Å². The second-order valence-electron chi connectivity index (χ2n) is 7.09. The number of benzene rings is 2. The Hall–Kier alpha value is -3.10. The van der Waals surface area contributed by atoms with Crippen molar-refractivity contribution in [2.24, 2.45) is 0 Å². The molecule has 0 bridgehead atoms. The summed E-state index contributed by atoms with van der Waals surface area (Å²) in [7, 11) is 1.33. The highest BCUT2D eigenvalue weighted by atomic mass is 35.5. The molecule has 0 aliphatic carbocycles. The van der Waals surface area contributed by atoms with E-state index in [2.05, 4.69) is 10.1 Å². The molecule has 0 spiro atoms. The van der Waals surface area contributed by atoms with Gasteiger partial charge in [-0.1, -0.05) is 53.7 Å². The van der Waals surface area contributed by atoms with Crippen LogP contribution < -0.4 is 5.56 Å². The van der Waals surface area contributed by atoms with Crippen molar-refractivity contribution in [1.29, 1.82) is 0 Å². The monoisotopic (exact) mass is 468 g/mol. The average molecular weight is 469 g/mol. The van der Waals surface area contributed by atoms with Gasteiger partial charge in [-0.05, 0) is 31.2 Å². The van der Waals surface area contributed by atoms with E-state index in [1.54, 1.807) is 22.9 Å². The Morgan fingerprint density at radius 1 is 1.12 bits per heavy atom. The third-order valence-electron chi connectivity index (χ3n) is 5.06. The normalized spacial score (nSPS) is 11.1. The third kappa shape index (κ3) is 4.42.